The van der Waals surface area contributed by atoms with E-state index in [0.717, 1.165) is 18.4 Å². The third-order valence-corrected chi connectivity index (χ3v) is 2.70. The van der Waals surface area contributed by atoms with Gasteiger partial charge in [0.15, 0.2) is 0 Å². The Morgan fingerprint density at radius 1 is 1.36 bits per heavy atom. The van der Waals surface area contributed by atoms with E-state index in [1.54, 1.807) is 0 Å². The summed E-state index contributed by atoms with van der Waals surface area (Å²) >= 11 is 6.02. The van der Waals surface area contributed by atoms with Crippen LogP contribution in [0.3, 0.4) is 0 Å². The molecule has 1 aliphatic carbocycles. The smallest absolute Gasteiger partial charge is 0.242 e. The fraction of sp³-hybridized carbons (Fsp3) is 0.364. The Balaban J connectivity index is 1.99. The monoisotopic (exact) mass is 209 g/mol. The zero-order valence-corrected chi connectivity index (χ0v) is 8.50. The van der Waals surface area contributed by atoms with Crippen LogP contribution in [0.1, 0.15) is 23.8 Å². The van der Waals surface area contributed by atoms with Crippen LogP contribution in [0.25, 0.3) is 0 Å². The van der Waals surface area contributed by atoms with Crippen molar-refractivity contribution in [2.24, 2.45) is 0 Å². The molecule has 0 heterocycles. The normalized spacial score (nSPS) is 17.5. The first-order chi connectivity index (χ1) is 6.77. The first-order valence-corrected chi connectivity index (χ1v) is 5.20. The zero-order valence-electron chi connectivity index (χ0n) is 7.74. The Morgan fingerprint density at radius 2 is 2.00 bits per heavy atom. The lowest BCUT2D eigenvalue weighted by molar-refractivity contribution is -0.121. The predicted molar refractivity (Wildman–Crippen MR) is 56.2 cm³/mol. The van der Waals surface area contributed by atoms with Crippen molar-refractivity contribution in [3.8, 4) is 0 Å². The first kappa shape index (κ1) is 9.53. The molecule has 0 spiro atoms. The molecule has 0 bridgehead atoms. The van der Waals surface area contributed by atoms with Gasteiger partial charge in [0.25, 0.3) is 0 Å². The highest BCUT2D eigenvalue weighted by atomic mass is 35.5. The van der Waals surface area contributed by atoms with E-state index in [9.17, 15) is 4.79 Å². The van der Waals surface area contributed by atoms with Crippen molar-refractivity contribution >= 4 is 17.5 Å². The van der Waals surface area contributed by atoms with Gasteiger partial charge in [-0.15, -0.1) is 11.6 Å². The minimum atomic E-state index is -0.559. The van der Waals surface area contributed by atoms with Crippen molar-refractivity contribution < 1.29 is 4.79 Å². The molecule has 1 atom stereocenters. The van der Waals surface area contributed by atoms with E-state index in [1.807, 2.05) is 30.3 Å². The molecule has 1 aliphatic rings. The van der Waals surface area contributed by atoms with Crippen LogP contribution in [-0.2, 0) is 4.79 Å². The van der Waals surface area contributed by atoms with Crippen molar-refractivity contribution in [3.05, 3.63) is 35.9 Å². The summed E-state index contributed by atoms with van der Waals surface area (Å²) in [6.07, 6.45) is 2.17. The number of carbonyl (C=O) groups is 1. The third kappa shape index (κ3) is 2.26. The molecule has 3 heteroatoms. The quantitative estimate of drug-likeness (QED) is 0.761. The summed E-state index contributed by atoms with van der Waals surface area (Å²) in [6.45, 7) is 0. The number of hydrogen-bond donors (Lipinski definition) is 1. The Morgan fingerprint density at radius 3 is 2.57 bits per heavy atom. The Labute approximate surface area is 88.3 Å². The molecule has 0 aromatic heterocycles. The number of rotatable bonds is 3. The highest BCUT2D eigenvalue weighted by Gasteiger charge is 2.26. The van der Waals surface area contributed by atoms with Crippen LogP contribution in [0, 0.1) is 0 Å². The maximum atomic E-state index is 11.6. The van der Waals surface area contributed by atoms with Crippen molar-refractivity contribution in [2.75, 3.05) is 0 Å². The van der Waals surface area contributed by atoms with E-state index in [2.05, 4.69) is 5.32 Å². The topological polar surface area (TPSA) is 29.1 Å². The standard InChI is InChI=1S/C11H12ClNO/c12-10(8-4-2-1-3-5-8)11(14)13-9-6-7-9/h1-5,9-10H,6-7H2,(H,13,14)/t10-/m0/s1. The lowest BCUT2D eigenvalue weighted by Crippen LogP contribution is -2.28. The average molecular weight is 210 g/mol. The molecule has 2 rings (SSSR count). The highest BCUT2D eigenvalue weighted by molar-refractivity contribution is 6.30. The van der Waals surface area contributed by atoms with Crippen LogP contribution in [0.4, 0.5) is 0 Å². The van der Waals surface area contributed by atoms with E-state index in [1.165, 1.54) is 0 Å². The maximum Gasteiger partial charge on any atom is 0.242 e. The summed E-state index contributed by atoms with van der Waals surface area (Å²) in [7, 11) is 0. The molecular formula is C11H12ClNO. The van der Waals surface area contributed by atoms with E-state index in [4.69, 9.17) is 11.6 Å². The largest absolute Gasteiger partial charge is 0.352 e. The lowest BCUT2D eigenvalue weighted by atomic mass is 10.1. The lowest BCUT2D eigenvalue weighted by Gasteiger charge is -2.09. The molecule has 0 radical (unpaired) electrons. The molecule has 1 fully saturated rings. The zero-order chi connectivity index (χ0) is 9.97. The molecule has 14 heavy (non-hydrogen) atoms. The number of carbonyl (C=O) groups excluding carboxylic acids is 1. The van der Waals surface area contributed by atoms with Crippen molar-refractivity contribution in [1.82, 2.24) is 5.32 Å². The van der Waals surface area contributed by atoms with E-state index in [0.29, 0.717) is 6.04 Å². The third-order valence-electron chi connectivity index (χ3n) is 2.25. The average Bonchev–Trinajstić information content (AvgIpc) is 3.02. The summed E-state index contributed by atoms with van der Waals surface area (Å²) in [5.74, 6) is -0.0830. The molecule has 1 aromatic carbocycles. The van der Waals surface area contributed by atoms with Gasteiger partial charge in [0.05, 0.1) is 0 Å². The minimum absolute atomic E-state index is 0.0830. The van der Waals surface area contributed by atoms with Crippen LogP contribution < -0.4 is 5.32 Å². The molecule has 74 valence electrons. The van der Waals surface area contributed by atoms with Gasteiger partial charge in [0.2, 0.25) is 5.91 Å². The molecule has 0 aliphatic heterocycles. The van der Waals surface area contributed by atoms with E-state index >= 15 is 0 Å². The maximum absolute atomic E-state index is 11.6. The minimum Gasteiger partial charge on any atom is -0.352 e. The first-order valence-electron chi connectivity index (χ1n) is 4.77. The molecule has 0 saturated heterocycles. The molecule has 2 nitrogen and oxygen atoms in total. The second-order valence-electron chi connectivity index (χ2n) is 3.56. The number of halogens is 1. The number of nitrogens with one attached hydrogen (secondary N) is 1. The van der Waals surface area contributed by atoms with Gasteiger partial charge < -0.3 is 5.32 Å². The SMILES string of the molecule is O=C(NC1CC1)[C@@H](Cl)c1ccccc1. The summed E-state index contributed by atoms with van der Waals surface area (Å²) in [5.41, 5.74) is 0.854. The fourth-order valence-electron chi connectivity index (χ4n) is 1.28. The Hall–Kier alpha value is -1.02. The van der Waals surface area contributed by atoms with Crippen LogP contribution in [-0.4, -0.2) is 11.9 Å². The van der Waals surface area contributed by atoms with Gasteiger partial charge >= 0.3 is 0 Å². The molecule has 1 N–H and O–H groups in total. The van der Waals surface area contributed by atoms with E-state index in [-0.39, 0.29) is 5.91 Å². The second-order valence-corrected chi connectivity index (χ2v) is 3.99. The van der Waals surface area contributed by atoms with E-state index < -0.39 is 5.38 Å². The molecule has 0 unspecified atom stereocenters. The Kier molecular flexibility index (Phi) is 2.73. The van der Waals surface area contributed by atoms with Crippen LogP contribution in [0.15, 0.2) is 30.3 Å². The fourth-order valence-corrected chi connectivity index (χ4v) is 1.48. The summed E-state index contributed by atoms with van der Waals surface area (Å²) < 4.78 is 0. The van der Waals surface area contributed by atoms with Gasteiger partial charge in [-0.2, -0.15) is 0 Å². The number of amides is 1. The molecule has 1 aromatic rings. The van der Waals surface area contributed by atoms with Crippen LogP contribution in [0.2, 0.25) is 0 Å². The van der Waals surface area contributed by atoms with Crippen LogP contribution >= 0.6 is 11.6 Å². The van der Waals surface area contributed by atoms with Gasteiger partial charge in [0.1, 0.15) is 5.38 Å². The van der Waals surface area contributed by atoms with Gasteiger partial charge in [-0.25, -0.2) is 0 Å². The van der Waals surface area contributed by atoms with Gasteiger partial charge in [-0.05, 0) is 18.4 Å². The van der Waals surface area contributed by atoms with Gasteiger partial charge in [-0.1, -0.05) is 30.3 Å². The molecule has 1 saturated carbocycles. The highest BCUT2D eigenvalue weighted by Crippen LogP contribution is 2.24. The summed E-state index contributed by atoms with van der Waals surface area (Å²) in [4.78, 5) is 11.6. The number of alkyl halides is 1. The van der Waals surface area contributed by atoms with Gasteiger partial charge in [0, 0.05) is 6.04 Å². The van der Waals surface area contributed by atoms with Crippen molar-refractivity contribution in [3.63, 3.8) is 0 Å². The summed E-state index contributed by atoms with van der Waals surface area (Å²) in [6, 6.07) is 9.78. The molecule has 1 amide bonds. The number of hydrogen-bond acceptors (Lipinski definition) is 1. The Bertz CT molecular complexity index is 321. The van der Waals surface area contributed by atoms with Crippen molar-refractivity contribution in [2.45, 2.75) is 24.3 Å². The van der Waals surface area contributed by atoms with Crippen LogP contribution in [0.5, 0.6) is 0 Å². The number of benzene rings is 1. The summed E-state index contributed by atoms with van der Waals surface area (Å²) in [5, 5.41) is 2.32. The van der Waals surface area contributed by atoms with Gasteiger partial charge in [-0.3, -0.25) is 4.79 Å². The second kappa shape index (κ2) is 4.01. The predicted octanol–water partition coefficient (Wildman–Crippen LogP) is 2.25. The molecular weight excluding hydrogens is 198 g/mol. The van der Waals surface area contributed by atoms with Crippen molar-refractivity contribution in [1.29, 1.82) is 0 Å².